The molecule has 0 saturated carbocycles. The van der Waals surface area contributed by atoms with Crippen LogP contribution in [0.3, 0.4) is 0 Å². The molecular formula is C24H26F3N5O5. The van der Waals surface area contributed by atoms with Gasteiger partial charge in [0, 0.05) is 38.0 Å². The molecule has 2 amide bonds. The predicted octanol–water partition coefficient (Wildman–Crippen LogP) is 3.94. The van der Waals surface area contributed by atoms with Crippen LogP contribution < -0.4 is 0 Å². The van der Waals surface area contributed by atoms with Crippen LogP contribution >= 0.6 is 0 Å². The highest BCUT2D eigenvalue weighted by Gasteiger charge is 2.38. The summed E-state index contributed by atoms with van der Waals surface area (Å²) in [7, 11) is 1.87. The molecule has 0 bridgehead atoms. The molecule has 13 heteroatoms. The van der Waals surface area contributed by atoms with Gasteiger partial charge in [0.1, 0.15) is 5.69 Å². The van der Waals surface area contributed by atoms with Crippen LogP contribution in [0.15, 0.2) is 40.9 Å². The number of aliphatic carboxylic acids is 1. The molecule has 2 saturated heterocycles. The Morgan fingerprint density at radius 3 is 2.43 bits per heavy atom. The molecule has 198 valence electrons. The van der Waals surface area contributed by atoms with Crippen molar-refractivity contribution >= 4 is 22.9 Å². The fraction of sp³-hybridized carbons (Fsp3) is 0.458. The van der Waals surface area contributed by atoms with E-state index in [0.29, 0.717) is 37.1 Å². The smallest absolute Gasteiger partial charge is 0.475 e. The average Bonchev–Trinajstić information content (AvgIpc) is 3.60. The van der Waals surface area contributed by atoms with Gasteiger partial charge in [-0.15, -0.1) is 0 Å². The average molecular weight is 521 g/mol. The Morgan fingerprint density at radius 1 is 1.08 bits per heavy atom. The van der Waals surface area contributed by atoms with Crippen molar-refractivity contribution in [2.24, 2.45) is 0 Å². The lowest BCUT2D eigenvalue weighted by molar-refractivity contribution is -0.192. The van der Waals surface area contributed by atoms with Gasteiger partial charge in [0.15, 0.2) is 0 Å². The molecule has 37 heavy (non-hydrogen) atoms. The molecule has 1 aromatic carbocycles. The highest BCUT2D eigenvalue weighted by Crippen LogP contribution is 2.29. The van der Waals surface area contributed by atoms with Crippen molar-refractivity contribution in [3.8, 4) is 11.5 Å². The quantitative estimate of drug-likeness (QED) is 0.550. The molecule has 1 atom stereocenters. The van der Waals surface area contributed by atoms with Gasteiger partial charge in [-0.25, -0.2) is 14.6 Å². The first-order chi connectivity index (χ1) is 17.6. The number of likely N-dealkylation sites (tertiary alicyclic amines) is 1. The van der Waals surface area contributed by atoms with E-state index >= 15 is 0 Å². The molecule has 5 rings (SSSR count). The minimum absolute atomic E-state index is 0.0792. The Balaban J connectivity index is 0.000000405. The summed E-state index contributed by atoms with van der Waals surface area (Å²) in [6, 6.07) is 12.2. The molecule has 4 heterocycles. The van der Waals surface area contributed by atoms with Gasteiger partial charge in [-0.1, -0.05) is 29.4 Å². The second-order valence-corrected chi connectivity index (χ2v) is 8.82. The summed E-state index contributed by atoms with van der Waals surface area (Å²) in [5.41, 5.74) is 1.61. The number of pyridine rings is 1. The van der Waals surface area contributed by atoms with Crippen molar-refractivity contribution in [3.63, 3.8) is 0 Å². The van der Waals surface area contributed by atoms with Crippen molar-refractivity contribution in [2.75, 3.05) is 33.4 Å². The number of halogens is 3. The van der Waals surface area contributed by atoms with E-state index in [1.165, 1.54) is 0 Å². The molecule has 1 unspecified atom stereocenters. The van der Waals surface area contributed by atoms with Crippen LogP contribution in [0.25, 0.3) is 22.4 Å². The summed E-state index contributed by atoms with van der Waals surface area (Å²) in [4.78, 5) is 34.6. The zero-order chi connectivity index (χ0) is 26.6. The Bertz CT molecular complexity index is 1240. The monoisotopic (exact) mass is 521 g/mol. The first-order valence-corrected chi connectivity index (χ1v) is 11.7. The summed E-state index contributed by atoms with van der Waals surface area (Å²) in [6.45, 7) is 2.74. The molecule has 0 aliphatic carbocycles. The van der Waals surface area contributed by atoms with Crippen LogP contribution in [0.1, 0.15) is 31.1 Å². The maximum Gasteiger partial charge on any atom is 0.490 e. The number of carboxylic acid groups (broad SMARTS) is 1. The number of alkyl halides is 3. The van der Waals surface area contributed by atoms with E-state index in [0.717, 1.165) is 36.8 Å². The number of likely N-dealkylation sites (N-methyl/N-ethyl adjacent to an activating group) is 1. The first-order valence-electron chi connectivity index (χ1n) is 11.7. The highest BCUT2D eigenvalue weighted by molar-refractivity contribution is 5.80. The van der Waals surface area contributed by atoms with E-state index in [1.807, 2.05) is 53.2 Å². The van der Waals surface area contributed by atoms with Crippen LogP contribution in [0.5, 0.6) is 0 Å². The summed E-state index contributed by atoms with van der Waals surface area (Å²) >= 11 is 0. The number of hydrogen-bond acceptors (Lipinski definition) is 7. The number of ether oxygens (including phenoxy) is 1. The third kappa shape index (κ3) is 6.34. The third-order valence-corrected chi connectivity index (χ3v) is 6.38. The molecule has 2 aliphatic heterocycles. The topological polar surface area (TPSA) is 122 Å². The van der Waals surface area contributed by atoms with E-state index in [1.54, 1.807) is 0 Å². The molecule has 1 N–H and O–H groups in total. The Morgan fingerprint density at radius 2 is 1.78 bits per heavy atom. The maximum absolute atomic E-state index is 12.8. The molecule has 10 nitrogen and oxygen atoms in total. The highest BCUT2D eigenvalue weighted by atomic mass is 19.4. The number of nitrogens with zero attached hydrogens (tertiary/aromatic N) is 5. The lowest BCUT2D eigenvalue weighted by Crippen LogP contribution is -2.48. The minimum Gasteiger partial charge on any atom is -0.475 e. The summed E-state index contributed by atoms with van der Waals surface area (Å²) in [5, 5.41) is 12.4. The van der Waals surface area contributed by atoms with Gasteiger partial charge in [-0.2, -0.15) is 18.2 Å². The molecular weight excluding hydrogens is 495 g/mol. The number of carboxylic acids is 1. The number of piperidine rings is 1. The lowest BCUT2D eigenvalue weighted by atomic mass is 9.97. The number of benzene rings is 1. The fourth-order valence-electron chi connectivity index (χ4n) is 4.22. The van der Waals surface area contributed by atoms with Crippen molar-refractivity contribution in [2.45, 2.75) is 37.4 Å². The van der Waals surface area contributed by atoms with Gasteiger partial charge in [0.25, 0.3) is 0 Å². The minimum atomic E-state index is -5.08. The van der Waals surface area contributed by atoms with Crippen LogP contribution in [0, 0.1) is 0 Å². The van der Waals surface area contributed by atoms with E-state index in [9.17, 15) is 18.0 Å². The van der Waals surface area contributed by atoms with Crippen molar-refractivity contribution < 1.29 is 37.1 Å². The second kappa shape index (κ2) is 11.1. The Kier molecular flexibility index (Phi) is 7.91. The SMILES string of the molecule is CN(C(=O)N1CCC(c2nc(-c3ccc4ccccc4n3)no2)CC1)C1CCOC1.O=C(O)C(F)(F)F. The Labute approximate surface area is 210 Å². The molecule has 2 fully saturated rings. The summed E-state index contributed by atoms with van der Waals surface area (Å²) < 4.78 is 42.7. The first kappa shape index (κ1) is 26.3. The van der Waals surface area contributed by atoms with Gasteiger partial charge in [0.2, 0.25) is 11.7 Å². The maximum atomic E-state index is 12.8. The van der Waals surface area contributed by atoms with Crippen LogP contribution in [0.2, 0.25) is 0 Å². The number of amides is 2. The number of fused-ring (bicyclic) bond motifs is 1. The van der Waals surface area contributed by atoms with E-state index in [2.05, 4.69) is 15.1 Å². The normalized spacial score (nSPS) is 18.4. The van der Waals surface area contributed by atoms with Crippen molar-refractivity contribution in [1.29, 1.82) is 0 Å². The van der Waals surface area contributed by atoms with Crippen LogP contribution in [-0.4, -0.2) is 87.6 Å². The van der Waals surface area contributed by atoms with Gasteiger partial charge >= 0.3 is 18.2 Å². The van der Waals surface area contributed by atoms with Crippen molar-refractivity contribution in [1.82, 2.24) is 24.9 Å². The number of aromatic nitrogens is 3. The standard InChI is InChI=1S/C22H25N5O3.C2HF3O2/c1-26(17-10-13-29-14-17)22(28)27-11-8-16(9-12-27)21-24-20(25-30-21)19-7-6-15-4-2-3-5-18(15)23-19;3-2(4,5)1(6)7/h2-7,16-17H,8-14H2,1H3;(H,6,7). The zero-order valence-electron chi connectivity index (χ0n) is 20.0. The number of para-hydroxylation sites is 1. The molecule has 0 radical (unpaired) electrons. The summed E-state index contributed by atoms with van der Waals surface area (Å²) in [6.07, 6.45) is -2.55. The van der Waals surface area contributed by atoms with E-state index in [4.69, 9.17) is 19.2 Å². The second-order valence-electron chi connectivity index (χ2n) is 8.82. The van der Waals surface area contributed by atoms with Crippen LogP contribution in [0.4, 0.5) is 18.0 Å². The zero-order valence-corrected chi connectivity index (χ0v) is 20.0. The predicted molar refractivity (Wildman–Crippen MR) is 125 cm³/mol. The van der Waals surface area contributed by atoms with E-state index < -0.39 is 12.1 Å². The van der Waals surface area contributed by atoms with E-state index in [-0.39, 0.29) is 18.0 Å². The lowest BCUT2D eigenvalue weighted by Gasteiger charge is -2.35. The van der Waals surface area contributed by atoms with Crippen LogP contribution in [-0.2, 0) is 9.53 Å². The van der Waals surface area contributed by atoms with Crippen molar-refractivity contribution in [3.05, 3.63) is 42.3 Å². The number of hydrogen-bond donors (Lipinski definition) is 1. The summed E-state index contributed by atoms with van der Waals surface area (Å²) in [5.74, 6) is -1.46. The van der Waals surface area contributed by atoms with Gasteiger partial charge < -0.3 is 24.2 Å². The molecule has 2 aliphatic rings. The fourth-order valence-corrected chi connectivity index (χ4v) is 4.22. The largest absolute Gasteiger partial charge is 0.490 e. The number of carbonyl (C=O) groups excluding carboxylic acids is 1. The van der Waals surface area contributed by atoms with Gasteiger partial charge in [-0.3, -0.25) is 0 Å². The number of carbonyl (C=O) groups is 2. The third-order valence-electron chi connectivity index (χ3n) is 6.38. The van der Waals surface area contributed by atoms with Gasteiger partial charge in [0.05, 0.1) is 18.2 Å². The molecule has 0 spiro atoms. The van der Waals surface area contributed by atoms with Gasteiger partial charge in [-0.05, 0) is 31.4 Å². The number of urea groups is 1. The Hall–Kier alpha value is -3.74. The molecule has 3 aromatic rings. The molecule has 2 aromatic heterocycles. The number of rotatable bonds is 3.